The van der Waals surface area contributed by atoms with Crippen LogP contribution < -0.4 is 5.32 Å². The van der Waals surface area contributed by atoms with E-state index < -0.39 is 12.1 Å². The molecule has 2 unspecified atom stereocenters. The smallest absolute Gasteiger partial charge is 0.305 e. The van der Waals surface area contributed by atoms with E-state index in [0.29, 0.717) is 19.4 Å². The quantitative estimate of drug-likeness (QED) is 0.0321. The third-order valence-corrected chi connectivity index (χ3v) is 14.3. The number of allylic oxidation sites excluding steroid dienone is 1. The first-order chi connectivity index (χ1) is 33.0. The van der Waals surface area contributed by atoms with Crippen LogP contribution in [0.3, 0.4) is 0 Å². The van der Waals surface area contributed by atoms with Crippen molar-refractivity contribution in [3.8, 4) is 0 Å². The van der Waals surface area contributed by atoms with Crippen LogP contribution in [0.5, 0.6) is 0 Å². The molecule has 6 heteroatoms. The van der Waals surface area contributed by atoms with Crippen LogP contribution in [-0.4, -0.2) is 47.4 Å². The number of carbonyl (C=O) groups excluding carboxylic acids is 2. The summed E-state index contributed by atoms with van der Waals surface area (Å²) in [5.41, 5.74) is 0. The number of amides is 1. The molecule has 67 heavy (non-hydrogen) atoms. The van der Waals surface area contributed by atoms with Crippen molar-refractivity contribution in [2.45, 2.75) is 353 Å². The van der Waals surface area contributed by atoms with E-state index in [2.05, 4.69) is 19.2 Å². The number of nitrogens with one attached hydrogen (secondary N) is 1. The van der Waals surface area contributed by atoms with Crippen molar-refractivity contribution in [2.24, 2.45) is 0 Å². The minimum absolute atomic E-state index is 0.00588. The van der Waals surface area contributed by atoms with Gasteiger partial charge in [-0.05, 0) is 32.1 Å². The zero-order valence-electron chi connectivity index (χ0n) is 45.4. The number of esters is 1. The predicted octanol–water partition coefficient (Wildman–Crippen LogP) is 18.9. The summed E-state index contributed by atoms with van der Waals surface area (Å²) in [4.78, 5) is 24.5. The monoisotopic (exact) mass is 946 g/mol. The number of aliphatic hydroxyl groups excluding tert-OH is 2. The number of hydrogen-bond acceptors (Lipinski definition) is 5. The molecular formula is C61H119NO5. The second-order valence-corrected chi connectivity index (χ2v) is 21.0. The summed E-state index contributed by atoms with van der Waals surface area (Å²) in [6.07, 6.45) is 68.1. The normalized spacial score (nSPS) is 12.6. The van der Waals surface area contributed by atoms with E-state index in [1.54, 1.807) is 6.08 Å². The maximum Gasteiger partial charge on any atom is 0.305 e. The maximum absolute atomic E-state index is 12.5. The number of aliphatic hydroxyl groups is 2. The fourth-order valence-electron chi connectivity index (χ4n) is 9.64. The molecule has 0 aliphatic heterocycles. The molecule has 0 heterocycles. The second kappa shape index (κ2) is 57.2. The molecule has 0 saturated heterocycles. The lowest BCUT2D eigenvalue weighted by molar-refractivity contribution is -0.143. The number of carbonyl (C=O) groups is 2. The van der Waals surface area contributed by atoms with Crippen LogP contribution in [0, 0.1) is 0 Å². The highest BCUT2D eigenvalue weighted by Gasteiger charge is 2.18. The standard InChI is InChI=1S/C61H119NO5/c1-3-5-7-9-11-13-15-17-19-20-21-22-26-29-33-37-41-45-49-53-59(64)58(57-63)62-60(65)54-50-46-42-38-34-30-27-23-24-28-32-36-40-44-48-52-56-67-61(66)55-51-47-43-39-35-31-25-18-16-14-12-10-8-6-4-2/h49,53,58-59,63-64H,3-48,50-52,54-57H2,1-2H3,(H,62,65)/b53-49+. The summed E-state index contributed by atoms with van der Waals surface area (Å²) in [7, 11) is 0. The maximum atomic E-state index is 12.5. The molecule has 0 spiro atoms. The summed E-state index contributed by atoms with van der Waals surface area (Å²) in [6.45, 7) is 4.92. The average Bonchev–Trinajstić information content (AvgIpc) is 3.33. The van der Waals surface area contributed by atoms with E-state index in [1.807, 2.05) is 6.08 Å². The van der Waals surface area contributed by atoms with E-state index in [9.17, 15) is 19.8 Å². The highest BCUT2D eigenvalue weighted by atomic mass is 16.5. The Hall–Kier alpha value is -1.40. The molecule has 6 nitrogen and oxygen atoms in total. The van der Waals surface area contributed by atoms with Crippen LogP contribution in [-0.2, 0) is 14.3 Å². The van der Waals surface area contributed by atoms with Gasteiger partial charge in [-0.1, -0.05) is 309 Å². The molecule has 0 saturated carbocycles. The minimum Gasteiger partial charge on any atom is -0.466 e. The molecule has 0 bridgehead atoms. The van der Waals surface area contributed by atoms with Gasteiger partial charge in [-0.3, -0.25) is 9.59 Å². The van der Waals surface area contributed by atoms with Gasteiger partial charge in [-0.2, -0.15) is 0 Å². The lowest BCUT2D eigenvalue weighted by atomic mass is 10.0. The number of unbranched alkanes of at least 4 members (excludes halogenated alkanes) is 46. The molecule has 398 valence electrons. The summed E-state index contributed by atoms with van der Waals surface area (Å²) < 4.78 is 5.48. The highest BCUT2D eigenvalue weighted by molar-refractivity contribution is 5.76. The summed E-state index contributed by atoms with van der Waals surface area (Å²) in [6, 6.07) is -0.633. The summed E-state index contributed by atoms with van der Waals surface area (Å²) >= 11 is 0. The van der Waals surface area contributed by atoms with Gasteiger partial charge in [0.05, 0.1) is 25.4 Å². The number of ether oxygens (including phenoxy) is 1. The van der Waals surface area contributed by atoms with E-state index in [4.69, 9.17) is 4.74 Å². The van der Waals surface area contributed by atoms with E-state index in [-0.39, 0.29) is 18.5 Å². The Morgan fingerprint density at radius 3 is 1.01 bits per heavy atom. The van der Waals surface area contributed by atoms with Gasteiger partial charge in [0.1, 0.15) is 0 Å². The van der Waals surface area contributed by atoms with Crippen LogP contribution >= 0.6 is 0 Å². The third-order valence-electron chi connectivity index (χ3n) is 14.3. The Bertz CT molecular complexity index is 1000. The lowest BCUT2D eigenvalue weighted by Gasteiger charge is -2.20. The van der Waals surface area contributed by atoms with Crippen LogP contribution in [0.25, 0.3) is 0 Å². The van der Waals surface area contributed by atoms with Gasteiger partial charge in [0, 0.05) is 12.8 Å². The molecule has 0 aromatic rings. The molecule has 0 rings (SSSR count). The Morgan fingerprint density at radius 2 is 0.687 bits per heavy atom. The largest absolute Gasteiger partial charge is 0.466 e. The van der Waals surface area contributed by atoms with E-state index in [1.165, 1.54) is 270 Å². The van der Waals surface area contributed by atoms with Gasteiger partial charge in [0.15, 0.2) is 0 Å². The van der Waals surface area contributed by atoms with Crippen molar-refractivity contribution in [2.75, 3.05) is 13.2 Å². The number of hydrogen-bond donors (Lipinski definition) is 3. The topological polar surface area (TPSA) is 95.9 Å². The number of rotatable bonds is 57. The van der Waals surface area contributed by atoms with Crippen LogP contribution in [0.15, 0.2) is 12.2 Å². The van der Waals surface area contributed by atoms with Crippen LogP contribution in [0.2, 0.25) is 0 Å². The molecule has 3 N–H and O–H groups in total. The van der Waals surface area contributed by atoms with Crippen molar-refractivity contribution in [1.82, 2.24) is 5.32 Å². The minimum atomic E-state index is -0.849. The Kier molecular flexibility index (Phi) is 56.0. The zero-order valence-corrected chi connectivity index (χ0v) is 45.4. The van der Waals surface area contributed by atoms with Gasteiger partial charge >= 0.3 is 5.97 Å². The molecule has 0 aliphatic carbocycles. The molecule has 0 aromatic carbocycles. The van der Waals surface area contributed by atoms with Crippen molar-refractivity contribution in [1.29, 1.82) is 0 Å². The van der Waals surface area contributed by atoms with Crippen molar-refractivity contribution < 1.29 is 24.5 Å². The average molecular weight is 947 g/mol. The molecule has 0 aromatic heterocycles. The predicted molar refractivity (Wildman–Crippen MR) is 292 cm³/mol. The van der Waals surface area contributed by atoms with Crippen LogP contribution in [0.4, 0.5) is 0 Å². The molecule has 2 atom stereocenters. The lowest BCUT2D eigenvalue weighted by Crippen LogP contribution is -2.45. The molecular weight excluding hydrogens is 827 g/mol. The molecule has 0 fully saturated rings. The third kappa shape index (κ3) is 53.8. The highest BCUT2D eigenvalue weighted by Crippen LogP contribution is 2.18. The Morgan fingerprint density at radius 1 is 0.403 bits per heavy atom. The van der Waals surface area contributed by atoms with Crippen molar-refractivity contribution in [3.05, 3.63) is 12.2 Å². The van der Waals surface area contributed by atoms with E-state index >= 15 is 0 Å². The van der Waals surface area contributed by atoms with Crippen molar-refractivity contribution >= 4 is 11.9 Å². The first-order valence-electron chi connectivity index (χ1n) is 30.5. The van der Waals surface area contributed by atoms with Crippen LogP contribution in [0.1, 0.15) is 341 Å². The van der Waals surface area contributed by atoms with E-state index in [0.717, 1.165) is 44.9 Å². The second-order valence-electron chi connectivity index (χ2n) is 21.0. The zero-order chi connectivity index (χ0) is 48.6. The van der Waals surface area contributed by atoms with Gasteiger partial charge in [0.2, 0.25) is 5.91 Å². The van der Waals surface area contributed by atoms with Gasteiger partial charge in [-0.15, -0.1) is 0 Å². The fraction of sp³-hybridized carbons (Fsp3) is 0.934. The SMILES string of the molecule is CCCCCCCCCCCCCCCCCCC/C=C/C(O)C(CO)NC(=O)CCCCCCCCCCCCCCCCCCOC(=O)CCCCCCCCCCCCCCCCC. The van der Waals surface area contributed by atoms with Gasteiger partial charge in [-0.25, -0.2) is 0 Å². The molecule has 0 aliphatic rings. The summed E-state index contributed by atoms with van der Waals surface area (Å²) in [5, 5.41) is 23.2. The van der Waals surface area contributed by atoms with Crippen molar-refractivity contribution in [3.63, 3.8) is 0 Å². The van der Waals surface area contributed by atoms with Gasteiger partial charge in [0.25, 0.3) is 0 Å². The Labute approximate surface area is 419 Å². The first-order valence-corrected chi connectivity index (χ1v) is 30.5. The van der Waals surface area contributed by atoms with Gasteiger partial charge < -0.3 is 20.3 Å². The molecule has 0 radical (unpaired) electrons. The molecule has 1 amide bonds. The Balaban J connectivity index is 3.44. The summed E-state index contributed by atoms with van der Waals surface area (Å²) in [5.74, 6) is -0.0654. The first kappa shape index (κ1) is 65.6. The fourth-order valence-corrected chi connectivity index (χ4v) is 9.64.